The molecule has 23 heavy (non-hydrogen) atoms. The number of carbonyl (C=O) groups excluding carboxylic acids is 2. The highest BCUT2D eigenvalue weighted by Crippen LogP contribution is 2.25. The number of aromatic hydroxyl groups is 1. The summed E-state index contributed by atoms with van der Waals surface area (Å²) in [6, 6.07) is 6.44. The van der Waals surface area contributed by atoms with Crippen LogP contribution in [0.25, 0.3) is 0 Å². The van der Waals surface area contributed by atoms with Gasteiger partial charge < -0.3 is 10.2 Å². The van der Waals surface area contributed by atoms with Crippen molar-refractivity contribution in [2.24, 2.45) is 5.10 Å². The zero-order valence-electron chi connectivity index (χ0n) is 12.2. The molecule has 0 radical (unpaired) electrons. The Hall–Kier alpha value is -3.06. The van der Waals surface area contributed by atoms with E-state index in [0.717, 1.165) is 5.01 Å². The molecule has 0 saturated heterocycles. The summed E-state index contributed by atoms with van der Waals surface area (Å²) in [7, 11) is 0. The highest BCUT2D eigenvalue weighted by Gasteiger charge is 2.35. The third kappa shape index (κ3) is 2.36. The number of hydrogen-bond donors (Lipinski definition) is 2. The SMILES string of the molecule is Cc1ncc(CO)c(/C=N/N2C(=O)c3ccccc3C2=O)c1O. The Morgan fingerprint density at radius 2 is 1.83 bits per heavy atom. The van der Waals surface area contributed by atoms with E-state index in [2.05, 4.69) is 10.1 Å². The van der Waals surface area contributed by atoms with Crippen molar-refractivity contribution in [2.45, 2.75) is 13.5 Å². The smallest absolute Gasteiger partial charge is 0.282 e. The molecule has 0 aliphatic carbocycles. The number of hydrazone groups is 1. The van der Waals surface area contributed by atoms with E-state index < -0.39 is 11.8 Å². The maximum atomic E-state index is 12.2. The Bertz CT molecular complexity index is 810. The van der Waals surface area contributed by atoms with Crippen LogP contribution >= 0.6 is 0 Å². The van der Waals surface area contributed by atoms with Gasteiger partial charge >= 0.3 is 0 Å². The third-order valence-corrected chi connectivity index (χ3v) is 3.60. The lowest BCUT2D eigenvalue weighted by Gasteiger charge is -2.09. The molecular weight excluding hydrogens is 298 g/mol. The van der Waals surface area contributed by atoms with Gasteiger partial charge in [-0.1, -0.05) is 12.1 Å². The van der Waals surface area contributed by atoms with Gasteiger partial charge in [0.1, 0.15) is 5.75 Å². The molecule has 2 heterocycles. The highest BCUT2D eigenvalue weighted by atomic mass is 16.3. The molecule has 1 aliphatic heterocycles. The number of aryl methyl sites for hydroxylation is 1. The average Bonchev–Trinajstić information content (AvgIpc) is 2.81. The Balaban J connectivity index is 1.98. The summed E-state index contributed by atoms with van der Waals surface area (Å²) in [5.41, 5.74) is 1.48. The number of aliphatic hydroxyl groups is 1. The fourth-order valence-corrected chi connectivity index (χ4v) is 2.32. The second-order valence-corrected chi connectivity index (χ2v) is 5.00. The number of pyridine rings is 1. The summed E-state index contributed by atoms with van der Waals surface area (Å²) in [5, 5.41) is 24.0. The summed E-state index contributed by atoms with van der Waals surface area (Å²) in [5.74, 6) is -1.22. The van der Waals surface area contributed by atoms with Crippen LogP contribution in [0.15, 0.2) is 35.6 Å². The Kier molecular flexibility index (Phi) is 3.63. The second-order valence-electron chi connectivity index (χ2n) is 5.00. The first-order chi connectivity index (χ1) is 11.0. The molecule has 7 heteroatoms. The Morgan fingerprint density at radius 1 is 1.22 bits per heavy atom. The van der Waals surface area contributed by atoms with Crippen molar-refractivity contribution in [1.82, 2.24) is 9.99 Å². The third-order valence-electron chi connectivity index (χ3n) is 3.60. The van der Waals surface area contributed by atoms with Crippen molar-refractivity contribution in [3.63, 3.8) is 0 Å². The van der Waals surface area contributed by atoms with Crippen molar-refractivity contribution < 1.29 is 19.8 Å². The molecule has 0 spiro atoms. The summed E-state index contributed by atoms with van der Waals surface area (Å²) in [6.45, 7) is 1.24. The van der Waals surface area contributed by atoms with Crippen molar-refractivity contribution in [3.05, 3.63) is 58.4 Å². The monoisotopic (exact) mass is 311 g/mol. The zero-order valence-corrected chi connectivity index (χ0v) is 12.2. The van der Waals surface area contributed by atoms with E-state index in [0.29, 0.717) is 11.3 Å². The lowest BCUT2D eigenvalue weighted by atomic mass is 10.1. The van der Waals surface area contributed by atoms with Crippen LogP contribution in [0.3, 0.4) is 0 Å². The van der Waals surface area contributed by atoms with Crippen molar-refractivity contribution in [3.8, 4) is 5.75 Å². The van der Waals surface area contributed by atoms with Gasteiger partial charge in [0, 0.05) is 17.3 Å². The maximum Gasteiger partial charge on any atom is 0.282 e. The number of carbonyl (C=O) groups is 2. The number of fused-ring (bicyclic) bond motifs is 1. The van der Waals surface area contributed by atoms with Crippen LogP contribution in [0.5, 0.6) is 5.75 Å². The number of aliphatic hydroxyl groups excluding tert-OH is 1. The maximum absolute atomic E-state index is 12.2. The number of rotatable bonds is 3. The number of nitrogens with zero attached hydrogens (tertiary/aromatic N) is 3. The van der Waals surface area contributed by atoms with Crippen LogP contribution in [0.2, 0.25) is 0 Å². The van der Waals surface area contributed by atoms with E-state index in [1.54, 1.807) is 31.2 Å². The van der Waals surface area contributed by atoms with Gasteiger partial charge in [-0.25, -0.2) is 0 Å². The van der Waals surface area contributed by atoms with Gasteiger partial charge in [-0.3, -0.25) is 14.6 Å². The first kappa shape index (κ1) is 14.9. The predicted octanol–water partition coefficient (Wildman–Crippen LogP) is 1.22. The molecule has 0 unspecified atom stereocenters. The molecule has 0 atom stereocenters. The van der Waals surface area contributed by atoms with Gasteiger partial charge in [0.15, 0.2) is 0 Å². The number of imide groups is 1. The van der Waals surface area contributed by atoms with E-state index in [1.807, 2.05) is 0 Å². The summed E-state index contributed by atoms with van der Waals surface area (Å²) >= 11 is 0. The molecule has 1 aromatic carbocycles. The fourth-order valence-electron chi connectivity index (χ4n) is 2.32. The van der Waals surface area contributed by atoms with Gasteiger partial charge in [-0.05, 0) is 19.1 Å². The van der Waals surface area contributed by atoms with E-state index in [4.69, 9.17) is 0 Å². The quantitative estimate of drug-likeness (QED) is 0.655. The lowest BCUT2D eigenvalue weighted by molar-refractivity contribution is 0.0660. The first-order valence-electron chi connectivity index (χ1n) is 6.84. The van der Waals surface area contributed by atoms with Crippen molar-refractivity contribution >= 4 is 18.0 Å². The normalized spacial score (nSPS) is 13.9. The largest absolute Gasteiger partial charge is 0.505 e. The van der Waals surface area contributed by atoms with E-state index in [-0.39, 0.29) is 29.0 Å². The molecule has 0 bridgehead atoms. The molecule has 7 nitrogen and oxygen atoms in total. The number of amides is 2. The highest BCUT2D eigenvalue weighted by molar-refractivity contribution is 6.21. The molecule has 116 valence electrons. The van der Waals surface area contributed by atoms with Crippen LogP contribution in [0, 0.1) is 6.92 Å². The summed E-state index contributed by atoms with van der Waals surface area (Å²) < 4.78 is 0. The molecule has 1 aliphatic rings. The first-order valence-corrected chi connectivity index (χ1v) is 6.84. The van der Waals surface area contributed by atoms with Crippen molar-refractivity contribution in [2.75, 3.05) is 0 Å². The molecule has 2 N–H and O–H groups in total. The minimum atomic E-state index is -0.530. The molecule has 0 fully saturated rings. The van der Waals surface area contributed by atoms with Gasteiger partial charge in [-0.2, -0.15) is 10.1 Å². The van der Waals surface area contributed by atoms with Crippen LogP contribution in [0.4, 0.5) is 0 Å². The predicted molar refractivity (Wildman–Crippen MR) is 81.1 cm³/mol. The van der Waals surface area contributed by atoms with E-state index in [9.17, 15) is 19.8 Å². The second kappa shape index (κ2) is 5.62. The lowest BCUT2D eigenvalue weighted by Crippen LogP contribution is -2.24. The van der Waals surface area contributed by atoms with Gasteiger partial charge in [-0.15, -0.1) is 0 Å². The van der Waals surface area contributed by atoms with Crippen molar-refractivity contribution in [1.29, 1.82) is 0 Å². The minimum absolute atomic E-state index is 0.156. The summed E-state index contributed by atoms with van der Waals surface area (Å²) in [4.78, 5) is 28.3. The zero-order chi connectivity index (χ0) is 16.6. The standard InChI is InChI=1S/C16H13N3O4/c1-9-14(21)13(10(8-20)6-17-9)7-18-19-15(22)11-4-2-3-5-12(11)16(19)23/h2-7,20-21H,8H2,1H3/b18-7+. The molecule has 2 aromatic rings. The van der Waals surface area contributed by atoms with Gasteiger partial charge in [0.05, 0.1) is 29.6 Å². The van der Waals surface area contributed by atoms with E-state index in [1.165, 1.54) is 12.4 Å². The van der Waals surface area contributed by atoms with Crippen LogP contribution in [0.1, 0.15) is 37.5 Å². The number of benzene rings is 1. The molecular formula is C16H13N3O4. The average molecular weight is 311 g/mol. The Labute approximate surface area is 131 Å². The molecule has 0 saturated carbocycles. The fraction of sp³-hybridized carbons (Fsp3) is 0.125. The molecule has 1 aromatic heterocycles. The van der Waals surface area contributed by atoms with Crippen LogP contribution in [-0.4, -0.2) is 38.2 Å². The number of hydrogen-bond acceptors (Lipinski definition) is 6. The van der Waals surface area contributed by atoms with Gasteiger partial charge in [0.2, 0.25) is 0 Å². The van der Waals surface area contributed by atoms with E-state index >= 15 is 0 Å². The Morgan fingerprint density at radius 3 is 2.39 bits per heavy atom. The molecule has 2 amide bonds. The van der Waals surface area contributed by atoms with Crippen LogP contribution in [-0.2, 0) is 6.61 Å². The number of aromatic nitrogens is 1. The summed E-state index contributed by atoms with van der Waals surface area (Å²) in [6.07, 6.45) is 2.58. The van der Waals surface area contributed by atoms with Crippen LogP contribution < -0.4 is 0 Å². The minimum Gasteiger partial charge on any atom is -0.505 e. The topological polar surface area (TPSA) is 103 Å². The molecule has 3 rings (SSSR count). The van der Waals surface area contributed by atoms with Gasteiger partial charge in [0.25, 0.3) is 11.8 Å².